The van der Waals surface area contributed by atoms with Gasteiger partial charge in [0.25, 0.3) is 0 Å². The second-order valence-corrected chi connectivity index (χ2v) is 5.35. The largest absolute Gasteiger partial charge is 0.496 e. The Morgan fingerprint density at radius 2 is 1.62 bits per heavy atom. The highest BCUT2D eigenvalue weighted by Crippen LogP contribution is 2.42. The van der Waals surface area contributed by atoms with Crippen LogP contribution in [0.3, 0.4) is 0 Å². The first-order chi connectivity index (χ1) is 9.76. The summed E-state index contributed by atoms with van der Waals surface area (Å²) in [7, 11) is 4.44. The molecule has 1 atom stereocenters. The molecule has 0 saturated carbocycles. The van der Waals surface area contributed by atoms with Gasteiger partial charge in [0.15, 0.2) is 0 Å². The van der Waals surface area contributed by atoms with E-state index in [1.165, 1.54) is 21.3 Å². The van der Waals surface area contributed by atoms with Gasteiger partial charge in [0.05, 0.1) is 38.4 Å². The summed E-state index contributed by atoms with van der Waals surface area (Å²) in [5.74, 6) is 0.324. The predicted octanol–water partition coefficient (Wildman–Crippen LogP) is 2.25. The fourth-order valence-electron chi connectivity index (χ4n) is 2.03. The number of carboxylic acids is 1. The Bertz CT molecular complexity index is 484. The van der Waals surface area contributed by atoms with Gasteiger partial charge in [-0.15, -0.1) is 0 Å². The highest BCUT2D eigenvalue weighted by atomic mass is 16.5. The fourth-order valence-corrected chi connectivity index (χ4v) is 2.03. The van der Waals surface area contributed by atoms with Crippen LogP contribution in [-0.4, -0.2) is 37.5 Å². The van der Waals surface area contributed by atoms with Gasteiger partial charge in [-0.3, -0.25) is 4.79 Å². The number of methoxy groups -OCH3 is 3. The molecule has 1 unspecified atom stereocenters. The monoisotopic (exact) mass is 298 g/mol. The maximum Gasteiger partial charge on any atom is 0.309 e. The first-order valence-electron chi connectivity index (χ1n) is 6.48. The van der Waals surface area contributed by atoms with E-state index in [0.717, 1.165) is 0 Å². The Balaban J connectivity index is 3.24. The van der Waals surface area contributed by atoms with Crippen LogP contribution in [0.25, 0.3) is 0 Å². The molecule has 1 aromatic rings. The minimum Gasteiger partial charge on any atom is -0.496 e. The molecule has 118 valence electrons. The van der Waals surface area contributed by atoms with Crippen molar-refractivity contribution in [3.63, 3.8) is 0 Å². The molecule has 0 radical (unpaired) electrons. The van der Waals surface area contributed by atoms with Crippen LogP contribution in [0.2, 0.25) is 0 Å². The van der Waals surface area contributed by atoms with Crippen molar-refractivity contribution in [3.05, 3.63) is 17.7 Å². The lowest BCUT2D eigenvalue weighted by Crippen LogP contribution is -2.26. The quantitative estimate of drug-likeness (QED) is 0.803. The number of carbonyl (C=O) groups is 1. The molecule has 6 nitrogen and oxygen atoms in total. The first kappa shape index (κ1) is 17.1. The van der Waals surface area contributed by atoms with Crippen LogP contribution >= 0.6 is 0 Å². The lowest BCUT2D eigenvalue weighted by atomic mass is 9.84. The molecule has 0 aromatic heterocycles. The van der Waals surface area contributed by atoms with Crippen LogP contribution in [-0.2, 0) is 4.79 Å². The Hall–Kier alpha value is -1.95. The summed E-state index contributed by atoms with van der Waals surface area (Å²) in [6.07, 6.45) is -1.01. The zero-order chi connectivity index (χ0) is 16.2. The summed E-state index contributed by atoms with van der Waals surface area (Å²) in [5.41, 5.74) is -0.662. The van der Waals surface area contributed by atoms with Gasteiger partial charge in [0, 0.05) is 12.1 Å². The van der Waals surface area contributed by atoms with E-state index in [0.29, 0.717) is 22.8 Å². The molecule has 0 amide bonds. The lowest BCUT2D eigenvalue weighted by Gasteiger charge is -2.25. The molecule has 0 aliphatic carbocycles. The Kier molecular flexibility index (Phi) is 5.43. The van der Waals surface area contributed by atoms with Gasteiger partial charge in [-0.25, -0.2) is 0 Å². The summed E-state index contributed by atoms with van der Waals surface area (Å²) >= 11 is 0. The van der Waals surface area contributed by atoms with E-state index in [4.69, 9.17) is 14.2 Å². The third-order valence-corrected chi connectivity index (χ3v) is 3.37. The Labute approximate surface area is 124 Å². The summed E-state index contributed by atoms with van der Waals surface area (Å²) < 4.78 is 15.7. The Morgan fingerprint density at radius 1 is 1.14 bits per heavy atom. The van der Waals surface area contributed by atoms with Crippen LogP contribution in [0.1, 0.15) is 31.9 Å². The van der Waals surface area contributed by atoms with Gasteiger partial charge >= 0.3 is 5.97 Å². The van der Waals surface area contributed by atoms with Gasteiger partial charge in [-0.2, -0.15) is 0 Å². The van der Waals surface area contributed by atoms with Crippen LogP contribution < -0.4 is 14.2 Å². The minimum absolute atomic E-state index is 0.0291. The fraction of sp³-hybridized carbons (Fsp3) is 0.533. The molecule has 0 saturated heterocycles. The molecule has 0 bridgehead atoms. The van der Waals surface area contributed by atoms with Gasteiger partial charge in [-0.05, 0) is 20.3 Å². The average molecular weight is 298 g/mol. The molecule has 6 heteroatoms. The van der Waals surface area contributed by atoms with Crippen molar-refractivity contribution in [1.29, 1.82) is 0 Å². The third-order valence-electron chi connectivity index (χ3n) is 3.37. The zero-order valence-electron chi connectivity index (χ0n) is 13.0. The van der Waals surface area contributed by atoms with E-state index in [1.807, 2.05) is 0 Å². The molecular weight excluding hydrogens is 276 g/mol. The first-order valence-corrected chi connectivity index (χ1v) is 6.48. The predicted molar refractivity (Wildman–Crippen MR) is 77.1 cm³/mol. The maximum absolute atomic E-state index is 11.2. The molecule has 2 N–H and O–H groups in total. The van der Waals surface area contributed by atoms with Gasteiger partial charge in [0.1, 0.15) is 17.2 Å². The van der Waals surface area contributed by atoms with E-state index < -0.39 is 17.5 Å². The number of aliphatic carboxylic acids is 1. The summed E-state index contributed by atoms with van der Waals surface area (Å²) in [6.45, 7) is 3.11. The third kappa shape index (κ3) is 3.78. The lowest BCUT2D eigenvalue weighted by molar-refractivity contribution is -0.148. The summed E-state index contributed by atoms with van der Waals surface area (Å²) in [5, 5.41) is 19.6. The molecule has 0 spiro atoms. The molecule has 21 heavy (non-hydrogen) atoms. The maximum atomic E-state index is 11.2. The van der Waals surface area contributed by atoms with E-state index >= 15 is 0 Å². The average Bonchev–Trinajstić information content (AvgIpc) is 2.44. The molecular formula is C15H22O6. The highest BCUT2D eigenvalue weighted by molar-refractivity contribution is 5.73. The van der Waals surface area contributed by atoms with Crippen LogP contribution in [0.15, 0.2) is 12.1 Å². The number of ether oxygens (including phenoxy) is 3. The molecule has 1 rings (SSSR count). The number of benzene rings is 1. The minimum atomic E-state index is -1.07. The van der Waals surface area contributed by atoms with Crippen LogP contribution in [0.4, 0.5) is 0 Å². The number of carboxylic acid groups (broad SMARTS) is 1. The smallest absolute Gasteiger partial charge is 0.309 e. The number of hydrogen-bond donors (Lipinski definition) is 2. The molecule has 0 fully saturated rings. The van der Waals surface area contributed by atoms with Crippen molar-refractivity contribution in [2.24, 2.45) is 5.41 Å². The number of rotatable bonds is 7. The number of aliphatic hydroxyl groups excluding tert-OH is 1. The zero-order valence-corrected chi connectivity index (χ0v) is 13.0. The molecule has 1 aromatic carbocycles. The van der Waals surface area contributed by atoms with E-state index in [-0.39, 0.29) is 6.42 Å². The van der Waals surface area contributed by atoms with Gasteiger partial charge < -0.3 is 24.4 Å². The summed E-state index contributed by atoms with van der Waals surface area (Å²) in [4.78, 5) is 11.2. The van der Waals surface area contributed by atoms with Crippen molar-refractivity contribution < 1.29 is 29.2 Å². The topological polar surface area (TPSA) is 85.2 Å². The second-order valence-electron chi connectivity index (χ2n) is 5.35. The second kappa shape index (κ2) is 6.67. The van der Waals surface area contributed by atoms with Crippen LogP contribution in [0.5, 0.6) is 17.2 Å². The van der Waals surface area contributed by atoms with Crippen molar-refractivity contribution in [2.45, 2.75) is 26.4 Å². The number of aliphatic hydroxyl groups is 1. The van der Waals surface area contributed by atoms with Crippen LogP contribution in [0, 0.1) is 5.41 Å². The van der Waals surface area contributed by atoms with E-state index in [9.17, 15) is 15.0 Å². The van der Waals surface area contributed by atoms with E-state index in [1.54, 1.807) is 26.0 Å². The standard InChI is InChI=1S/C15H22O6/c1-15(2,14(17)18)8-10(16)13-11(20-4)6-9(19-3)7-12(13)21-5/h6-7,10,16H,8H2,1-5H3,(H,17,18). The SMILES string of the molecule is COc1cc(OC)c(C(O)CC(C)(C)C(=O)O)c(OC)c1. The molecule has 0 aliphatic rings. The van der Waals surface area contributed by atoms with Gasteiger partial charge in [-0.1, -0.05) is 0 Å². The van der Waals surface area contributed by atoms with Crippen molar-refractivity contribution in [3.8, 4) is 17.2 Å². The van der Waals surface area contributed by atoms with Crippen molar-refractivity contribution in [2.75, 3.05) is 21.3 Å². The normalized spacial score (nSPS) is 12.7. The molecule has 0 heterocycles. The Morgan fingerprint density at radius 3 is 1.95 bits per heavy atom. The van der Waals surface area contributed by atoms with Crippen molar-refractivity contribution in [1.82, 2.24) is 0 Å². The summed E-state index contributed by atoms with van der Waals surface area (Å²) in [6, 6.07) is 3.24. The highest BCUT2D eigenvalue weighted by Gasteiger charge is 2.33. The number of hydrogen-bond acceptors (Lipinski definition) is 5. The molecule has 0 aliphatic heterocycles. The van der Waals surface area contributed by atoms with Crippen molar-refractivity contribution >= 4 is 5.97 Å². The van der Waals surface area contributed by atoms with Gasteiger partial charge in [0.2, 0.25) is 0 Å². The van der Waals surface area contributed by atoms with E-state index in [2.05, 4.69) is 0 Å².